The van der Waals surface area contributed by atoms with Crippen molar-refractivity contribution in [1.29, 1.82) is 0 Å². The molecular formula is C60H61N. The highest BCUT2D eigenvalue weighted by Gasteiger charge is 2.40. The monoisotopic (exact) mass is 795 g/mol. The maximum absolute atomic E-state index is 4.27. The van der Waals surface area contributed by atoms with E-state index < -0.39 is 0 Å². The van der Waals surface area contributed by atoms with E-state index in [0.29, 0.717) is 5.92 Å². The van der Waals surface area contributed by atoms with Gasteiger partial charge in [-0.3, -0.25) is 0 Å². The zero-order valence-corrected chi connectivity index (χ0v) is 37.5. The van der Waals surface area contributed by atoms with Crippen LogP contribution in [0.1, 0.15) is 113 Å². The van der Waals surface area contributed by atoms with E-state index in [1.165, 1.54) is 108 Å². The smallest absolute Gasteiger partial charge is 0.0491 e. The highest BCUT2D eigenvalue weighted by molar-refractivity contribution is 5.94. The third-order valence-corrected chi connectivity index (χ3v) is 14.2. The van der Waals surface area contributed by atoms with E-state index in [0.717, 1.165) is 43.5 Å². The molecule has 0 N–H and O–H groups in total. The Labute approximate surface area is 366 Å². The van der Waals surface area contributed by atoms with Crippen molar-refractivity contribution in [2.45, 2.75) is 98.8 Å². The molecule has 1 heteroatoms. The molecule has 0 heterocycles. The van der Waals surface area contributed by atoms with Gasteiger partial charge < -0.3 is 4.90 Å². The van der Waals surface area contributed by atoms with Gasteiger partial charge in [-0.15, -0.1) is 0 Å². The minimum Gasteiger partial charge on any atom is -0.310 e. The van der Waals surface area contributed by atoms with Gasteiger partial charge in [0, 0.05) is 22.5 Å². The summed E-state index contributed by atoms with van der Waals surface area (Å²) in [6, 6.07) is 39.0. The maximum atomic E-state index is 4.27. The molecule has 4 aliphatic rings. The number of aryl methyl sites for hydroxylation is 1. The Bertz CT molecular complexity index is 2740. The average Bonchev–Trinajstić information content (AvgIpc) is 3.66. The van der Waals surface area contributed by atoms with E-state index in [2.05, 4.69) is 200 Å². The molecule has 5 aromatic rings. The number of para-hydroxylation sites is 1. The topological polar surface area (TPSA) is 3.24 Å². The van der Waals surface area contributed by atoms with Gasteiger partial charge in [-0.05, 0) is 184 Å². The quantitative estimate of drug-likeness (QED) is 0.120. The van der Waals surface area contributed by atoms with Crippen molar-refractivity contribution in [3.05, 3.63) is 207 Å². The second kappa shape index (κ2) is 16.5. The van der Waals surface area contributed by atoms with Crippen LogP contribution >= 0.6 is 0 Å². The minimum absolute atomic E-state index is 0.0787. The van der Waals surface area contributed by atoms with E-state index in [1.807, 2.05) is 0 Å². The van der Waals surface area contributed by atoms with Crippen LogP contribution < -0.4 is 4.90 Å². The van der Waals surface area contributed by atoms with Gasteiger partial charge in [0.05, 0.1) is 0 Å². The van der Waals surface area contributed by atoms with Crippen molar-refractivity contribution >= 4 is 28.2 Å². The molecule has 0 amide bonds. The third kappa shape index (κ3) is 7.17. The van der Waals surface area contributed by atoms with Gasteiger partial charge in [0.1, 0.15) is 0 Å². The fourth-order valence-corrected chi connectivity index (χ4v) is 10.7. The van der Waals surface area contributed by atoms with Crippen molar-refractivity contribution in [1.82, 2.24) is 0 Å². The number of hydrogen-bond acceptors (Lipinski definition) is 1. The SMILES string of the molecule is C=C/C(C1=CCC(c2ccc(N(c3ccccc3)c3ccc(-c4ccc5c(c4)C(C)(C)c4c-5ccc5c4C4=C(CCC=C4)C5)cc3)c(C)c2)=CC=C1C(C)CC)=C(/C)CCC. The second-order valence-electron chi connectivity index (χ2n) is 18.4. The number of nitrogens with zero attached hydrogens (tertiary/aromatic N) is 1. The second-order valence-corrected chi connectivity index (χ2v) is 18.4. The molecule has 306 valence electrons. The number of anilines is 3. The maximum Gasteiger partial charge on any atom is 0.0491 e. The molecule has 5 aromatic carbocycles. The van der Waals surface area contributed by atoms with Gasteiger partial charge >= 0.3 is 0 Å². The highest BCUT2D eigenvalue weighted by atomic mass is 15.1. The van der Waals surface area contributed by atoms with Crippen molar-refractivity contribution in [2.75, 3.05) is 4.90 Å². The van der Waals surface area contributed by atoms with Gasteiger partial charge in [0.25, 0.3) is 0 Å². The lowest BCUT2D eigenvalue weighted by Gasteiger charge is -2.28. The number of allylic oxidation sites excluding steroid dienone is 13. The molecule has 1 atom stereocenters. The highest BCUT2D eigenvalue weighted by Crippen LogP contribution is 2.55. The summed E-state index contributed by atoms with van der Waals surface area (Å²) >= 11 is 0. The number of rotatable bonds is 11. The van der Waals surface area contributed by atoms with Crippen LogP contribution in [-0.4, -0.2) is 0 Å². The zero-order valence-electron chi connectivity index (χ0n) is 37.5. The Morgan fingerprint density at radius 1 is 0.836 bits per heavy atom. The van der Waals surface area contributed by atoms with Crippen LogP contribution in [0, 0.1) is 12.8 Å². The fourth-order valence-electron chi connectivity index (χ4n) is 10.7. The summed E-state index contributed by atoms with van der Waals surface area (Å²) in [4.78, 5) is 2.41. The summed E-state index contributed by atoms with van der Waals surface area (Å²) in [7, 11) is 0. The first-order valence-electron chi connectivity index (χ1n) is 22.8. The number of fused-ring (bicyclic) bond motifs is 6. The van der Waals surface area contributed by atoms with Gasteiger partial charge in [-0.25, -0.2) is 0 Å². The first-order valence-corrected chi connectivity index (χ1v) is 22.8. The van der Waals surface area contributed by atoms with Crippen LogP contribution in [0.3, 0.4) is 0 Å². The Kier molecular flexibility index (Phi) is 11.0. The summed E-state index contributed by atoms with van der Waals surface area (Å²) in [5, 5.41) is 0. The molecule has 0 radical (unpaired) electrons. The standard InChI is InChI=1S/C60H61N/c1-9-17-40(5)50(11-3)53-32-25-43(24-31-51(53)39(4)10-2)44-28-35-57(41(6)36-44)61(48-19-13-12-14-20-48)49-29-22-42(23-30-49)45-26-33-54-55-34-27-47-37-46-18-15-16-21-52(46)58(47)59(55)60(7,8)56(54)38-45/h11-14,16,19-24,26-36,38-39H,3,9-10,15,17-18,25,37H2,1-2,4-8H3/b50-40+. The molecule has 4 aliphatic carbocycles. The fraction of sp³-hybridized carbons (Fsp3) is 0.267. The zero-order chi connectivity index (χ0) is 42.4. The van der Waals surface area contributed by atoms with Gasteiger partial charge in [-0.2, -0.15) is 0 Å². The normalized spacial score (nSPS) is 16.9. The Morgan fingerprint density at radius 2 is 1.57 bits per heavy atom. The Hall–Kier alpha value is -5.92. The van der Waals surface area contributed by atoms with E-state index in [9.17, 15) is 0 Å². The van der Waals surface area contributed by atoms with Crippen molar-refractivity contribution in [3.8, 4) is 22.3 Å². The largest absolute Gasteiger partial charge is 0.310 e. The predicted molar refractivity (Wildman–Crippen MR) is 264 cm³/mol. The van der Waals surface area contributed by atoms with Gasteiger partial charge in [0.15, 0.2) is 0 Å². The molecular weight excluding hydrogens is 735 g/mol. The summed E-state index contributed by atoms with van der Waals surface area (Å²) in [5.41, 5.74) is 27.2. The lowest BCUT2D eigenvalue weighted by molar-refractivity contribution is 0.658. The minimum atomic E-state index is -0.0787. The first kappa shape index (κ1) is 40.5. The molecule has 0 saturated carbocycles. The van der Waals surface area contributed by atoms with Crippen LogP contribution in [-0.2, 0) is 11.8 Å². The van der Waals surface area contributed by atoms with E-state index in [4.69, 9.17) is 0 Å². The molecule has 0 spiro atoms. The predicted octanol–water partition coefficient (Wildman–Crippen LogP) is 17.1. The number of hydrogen-bond donors (Lipinski definition) is 0. The summed E-state index contributed by atoms with van der Waals surface area (Å²) in [6.45, 7) is 20.6. The Morgan fingerprint density at radius 3 is 2.31 bits per heavy atom. The van der Waals surface area contributed by atoms with Crippen LogP contribution in [0.15, 0.2) is 174 Å². The van der Waals surface area contributed by atoms with Crippen molar-refractivity contribution < 1.29 is 0 Å². The van der Waals surface area contributed by atoms with Crippen LogP contribution in [0.5, 0.6) is 0 Å². The molecule has 9 rings (SSSR count). The van der Waals surface area contributed by atoms with Crippen LogP contribution in [0.4, 0.5) is 17.1 Å². The first-order chi connectivity index (χ1) is 29.6. The van der Waals surface area contributed by atoms with E-state index in [-0.39, 0.29) is 5.41 Å². The lowest BCUT2D eigenvalue weighted by Crippen LogP contribution is -2.17. The van der Waals surface area contributed by atoms with E-state index in [1.54, 1.807) is 5.57 Å². The molecule has 0 fully saturated rings. The molecule has 1 unspecified atom stereocenters. The summed E-state index contributed by atoms with van der Waals surface area (Å²) < 4.78 is 0. The van der Waals surface area contributed by atoms with Crippen molar-refractivity contribution in [2.24, 2.45) is 5.92 Å². The van der Waals surface area contributed by atoms with Crippen molar-refractivity contribution in [3.63, 3.8) is 0 Å². The Balaban J connectivity index is 1.03. The lowest BCUT2D eigenvalue weighted by atomic mass is 9.77. The number of benzene rings is 5. The molecule has 0 aromatic heterocycles. The van der Waals surface area contributed by atoms with Gasteiger partial charge in [0.2, 0.25) is 0 Å². The molecule has 0 aliphatic heterocycles. The average molecular weight is 796 g/mol. The summed E-state index contributed by atoms with van der Waals surface area (Å²) in [5.74, 6) is 0.467. The molecule has 61 heavy (non-hydrogen) atoms. The third-order valence-electron chi connectivity index (χ3n) is 14.2. The van der Waals surface area contributed by atoms with Crippen LogP contribution in [0.2, 0.25) is 0 Å². The van der Waals surface area contributed by atoms with Crippen LogP contribution in [0.25, 0.3) is 33.4 Å². The summed E-state index contributed by atoms with van der Waals surface area (Å²) in [6.07, 6.45) is 21.8. The molecule has 1 nitrogen and oxygen atoms in total. The molecule has 0 bridgehead atoms. The van der Waals surface area contributed by atoms with E-state index >= 15 is 0 Å². The van der Waals surface area contributed by atoms with Gasteiger partial charge in [-0.1, -0.05) is 156 Å². The molecule has 0 saturated heterocycles.